The molecular formula is C16H29N3O. The van der Waals surface area contributed by atoms with Gasteiger partial charge in [0.25, 0.3) is 0 Å². The molecule has 20 heavy (non-hydrogen) atoms. The Morgan fingerprint density at radius 3 is 2.40 bits per heavy atom. The molecule has 0 aromatic carbocycles. The molecule has 3 rings (SSSR count). The second-order valence-electron chi connectivity index (χ2n) is 6.88. The third kappa shape index (κ3) is 3.53. The van der Waals surface area contributed by atoms with E-state index in [9.17, 15) is 4.79 Å². The molecule has 1 aliphatic carbocycles. The van der Waals surface area contributed by atoms with Gasteiger partial charge in [0.2, 0.25) is 5.91 Å². The van der Waals surface area contributed by atoms with Crippen molar-refractivity contribution < 1.29 is 4.79 Å². The van der Waals surface area contributed by atoms with Gasteiger partial charge in [-0.25, -0.2) is 0 Å². The summed E-state index contributed by atoms with van der Waals surface area (Å²) in [5.41, 5.74) is 0. The van der Waals surface area contributed by atoms with E-state index in [1.165, 1.54) is 51.4 Å². The molecule has 2 saturated heterocycles. The van der Waals surface area contributed by atoms with Crippen LogP contribution in [0.2, 0.25) is 0 Å². The SMILES string of the molecule is CCCNC1CC2CCCC(C1)N2CC(=O)NC1CC1. The van der Waals surface area contributed by atoms with Gasteiger partial charge in [0.1, 0.15) is 0 Å². The lowest BCUT2D eigenvalue weighted by atomic mass is 9.81. The van der Waals surface area contributed by atoms with Crippen molar-refractivity contribution in [3.8, 4) is 0 Å². The molecular weight excluding hydrogens is 250 g/mol. The normalized spacial score (nSPS) is 34.0. The van der Waals surface area contributed by atoms with Gasteiger partial charge in [-0.15, -0.1) is 0 Å². The van der Waals surface area contributed by atoms with E-state index in [0.717, 1.165) is 6.54 Å². The van der Waals surface area contributed by atoms with Crippen molar-refractivity contribution in [3.05, 3.63) is 0 Å². The van der Waals surface area contributed by atoms with Gasteiger partial charge in [-0.05, 0) is 51.5 Å². The molecule has 3 aliphatic rings. The van der Waals surface area contributed by atoms with Crippen molar-refractivity contribution in [1.82, 2.24) is 15.5 Å². The zero-order valence-corrected chi connectivity index (χ0v) is 12.7. The summed E-state index contributed by atoms with van der Waals surface area (Å²) in [5, 5.41) is 6.83. The lowest BCUT2D eigenvalue weighted by Gasteiger charge is -2.48. The maximum Gasteiger partial charge on any atom is 0.234 e. The number of carbonyl (C=O) groups is 1. The number of rotatable bonds is 6. The van der Waals surface area contributed by atoms with Gasteiger partial charge in [0.05, 0.1) is 6.54 Å². The first-order valence-corrected chi connectivity index (χ1v) is 8.54. The molecule has 2 aliphatic heterocycles. The summed E-state index contributed by atoms with van der Waals surface area (Å²) in [7, 11) is 0. The van der Waals surface area contributed by atoms with Crippen LogP contribution in [0.25, 0.3) is 0 Å². The number of hydrogen-bond acceptors (Lipinski definition) is 3. The third-order valence-electron chi connectivity index (χ3n) is 5.08. The molecule has 0 aromatic rings. The molecule has 0 aromatic heterocycles. The summed E-state index contributed by atoms with van der Waals surface area (Å²) in [4.78, 5) is 14.6. The van der Waals surface area contributed by atoms with E-state index in [1.54, 1.807) is 0 Å². The van der Waals surface area contributed by atoms with Gasteiger partial charge >= 0.3 is 0 Å². The molecule has 3 fully saturated rings. The van der Waals surface area contributed by atoms with E-state index >= 15 is 0 Å². The molecule has 2 N–H and O–H groups in total. The quantitative estimate of drug-likeness (QED) is 0.777. The van der Waals surface area contributed by atoms with E-state index in [-0.39, 0.29) is 5.91 Å². The minimum Gasteiger partial charge on any atom is -0.352 e. The predicted molar refractivity (Wildman–Crippen MR) is 80.6 cm³/mol. The number of piperidine rings is 2. The molecule has 0 spiro atoms. The predicted octanol–water partition coefficient (Wildman–Crippen LogP) is 1.65. The van der Waals surface area contributed by atoms with Gasteiger partial charge < -0.3 is 10.6 Å². The van der Waals surface area contributed by atoms with Gasteiger partial charge in [-0.3, -0.25) is 9.69 Å². The second kappa shape index (κ2) is 6.44. The first-order chi connectivity index (χ1) is 9.76. The van der Waals surface area contributed by atoms with E-state index in [1.807, 2.05) is 0 Å². The van der Waals surface area contributed by atoms with Crippen LogP contribution in [0.1, 0.15) is 58.3 Å². The smallest absolute Gasteiger partial charge is 0.234 e. The van der Waals surface area contributed by atoms with Crippen LogP contribution in [0.5, 0.6) is 0 Å². The molecule has 0 radical (unpaired) electrons. The van der Waals surface area contributed by atoms with Crippen LogP contribution in [0.15, 0.2) is 0 Å². The average molecular weight is 279 g/mol. The minimum atomic E-state index is 0.254. The molecule has 4 heteroatoms. The zero-order valence-electron chi connectivity index (χ0n) is 12.7. The molecule has 114 valence electrons. The van der Waals surface area contributed by atoms with Crippen molar-refractivity contribution in [1.29, 1.82) is 0 Å². The highest BCUT2D eigenvalue weighted by molar-refractivity contribution is 5.78. The van der Waals surface area contributed by atoms with Crippen LogP contribution in [0.4, 0.5) is 0 Å². The largest absolute Gasteiger partial charge is 0.352 e. The average Bonchev–Trinajstić information content (AvgIpc) is 3.20. The summed E-state index contributed by atoms with van der Waals surface area (Å²) in [6.07, 6.45) is 9.93. The van der Waals surface area contributed by atoms with Gasteiger partial charge in [-0.1, -0.05) is 13.3 Å². The van der Waals surface area contributed by atoms with Crippen molar-refractivity contribution in [3.63, 3.8) is 0 Å². The number of nitrogens with one attached hydrogen (secondary N) is 2. The summed E-state index contributed by atoms with van der Waals surface area (Å²) >= 11 is 0. The summed E-state index contributed by atoms with van der Waals surface area (Å²) in [6.45, 7) is 3.99. The fourth-order valence-corrected chi connectivity index (χ4v) is 3.92. The monoisotopic (exact) mass is 279 g/mol. The van der Waals surface area contributed by atoms with Crippen molar-refractivity contribution >= 4 is 5.91 Å². The summed E-state index contributed by atoms with van der Waals surface area (Å²) in [6, 6.07) is 2.42. The fraction of sp³-hybridized carbons (Fsp3) is 0.938. The third-order valence-corrected chi connectivity index (χ3v) is 5.08. The highest BCUT2D eigenvalue weighted by Crippen LogP contribution is 2.33. The van der Waals surface area contributed by atoms with Crippen LogP contribution in [0, 0.1) is 0 Å². The van der Waals surface area contributed by atoms with Crippen molar-refractivity contribution in [2.45, 2.75) is 82.5 Å². The van der Waals surface area contributed by atoms with Crippen LogP contribution in [-0.4, -0.2) is 48.1 Å². The Hall–Kier alpha value is -0.610. The lowest BCUT2D eigenvalue weighted by Crippen LogP contribution is -2.58. The number of hydrogen-bond donors (Lipinski definition) is 2. The fourth-order valence-electron chi connectivity index (χ4n) is 3.92. The standard InChI is InChI=1S/C16H29N3O/c1-2-8-17-13-9-14-4-3-5-15(10-13)19(14)11-16(20)18-12-6-7-12/h12-15,17H,2-11H2,1H3,(H,18,20). The zero-order chi connectivity index (χ0) is 13.9. The van der Waals surface area contributed by atoms with Crippen LogP contribution >= 0.6 is 0 Å². The maximum atomic E-state index is 12.1. The topological polar surface area (TPSA) is 44.4 Å². The number of fused-ring (bicyclic) bond motifs is 2. The first-order valence-electron chi connectivity index (χ1n) is 8.54. The van der Waals surface area contributed by atoms with Crippen LogP contribution in [0.3, 0.4) is 0 Å². The summed E-state index contributed by atoms with van der Waals surface area (Å²) < 4.78 is 0. The Morgan fingerprint density at radius 1 is 1.10 bits per heavy atom. The van der Waals surface area contributed by atoms with E-state index in [2.05, 4.69) is 22.5 Å². The first kappa shape index (κ1) is 14.3. The maximum absolute atomic E-state index is 12.1. The molecule has 1 amide bonds. The number of nitrogens with zero attached hydrogens (tertiary/aromatic N) is 1. The molecule has 2 heterocycles. The van der Waals surface area contributed by atoms with E-state index < -0.39 is 0 Å². The Balaban J connectivity index is 1.53. The Kier molecular flexibility index (Phi) is 4.61. The Bertz CT molecular complexity index is 329. The van der Waals surface area contributed by atoms with Gasteiger partial charge in [-0.2, -0.15) is 0 Å². The van der Waals surface area contributed by atoms with E-state index in [0.29, 0.717) is 30.7 Å². The minimum absolute atomic E-state index is 0.254. The van der Waals surface area contributed by atoms with Crippen molar-refractivity contribution in [2.75, 3.05) is 13.1 Å². The van der Waals surface area contributed by atoms with Gasteiger partial charge in [0.15, 0.2) is 0 Å². The Morgan fingerprint density at radius 2 is 1.80 bits per heavy atom. The molecule has 2 unspecified atom stereocenters. The van der Waals surface area contributed by atoms with Crippen LogP contribution in [-0.2, 0) is 4.79 Å². The molecule has 4 nitrogen and oxygen atoms in total. The highest BCUT2D eigenvalue weighted by atomic mass is 16.2. The second-order valence-corrected chi connectivity index (χ2v) is 6.88. The highest BCUT2D eigenvalue weighted by Gasteiger charge is 2.39. The van der Waals surface area contributed by atoms with E-state index in [4.69, 9.17) is 0 Å². The molecule has 2 atom stereocenters. The molecule has 1 saturated carbocycles. The number of carbonyl (C=O) groups excluding carboxylic acids is 1. The number of amides is 1. The lowest BCUT2D eigenvalue weighted by molar-refractivity contribution is -0.125. The van der Waals surface area contributed by atoms with Crippen LogP contribution < -0.4 is 10.6 Å². The van der Waals surface area contributed by atoms with Crippen molar-refractivity contribution in [2.24, 2.45) is 0 Å². The molecule has 2 bridgehead atoms. The van der Waals surface area contributed by atoms with Gasteiger partial charge in [0, 0.05) is 24.2 Å². The Labute approximate surface area is 122 Å². The summed E-state index contributed by atoms with van der Waals surface area (Å²) in [5.74, 6) is 0.254.